The number of quaternary nitrogens is 2. The Labute approximate surface area is 177 Å². The standard InChI is InChI=1S/C23H30N4O3/c28-22(18-26-12-14-27(15-13-26)23(29)21-7-4-16-30-21)24-20-8-10-25(11-9-20)17-19-5-2-1-3-6-19/h1-7,16,20H,8-15,17-18H2,(H,24,28)/p+2. The Morgan fingerprint density at radius 3 is 2.37 bits per heavy atom. The van der Waals surface area contributed by atoms with Gasteiger partial charge in [0.1, 0.15) is 6.54 Å². The highest BCUT2D eigenvalue weighted by atomic mass is 16.3. The van der Waals surface area contributed by atoms with Crippen molar-refractivity contribution in [3.05, 3.63) is 60.1 Å². The Balaban J connectivity index is 1.14. The molecule has 0 unspecified atom stereocenters. The summed E-state index contributed by atoms with van der Waals surface area (Å²) in [4.78, 5) is 29.5. The zero-order valence-electron chi connectivity index (χ0n) is 17.4. The van der Waals surface area contributed by atoms with Gasteiger partial charge in [-0.05, 0) is 12.1 Å². The molecule has 7 heteroatoms. The number of likely N-dealkylation sites (tertiary alicyclic amines) is 1. The smallest absolute Gasteiger partial charge is 0.289 e. The lowest BCUT2D eigenvalue weighted by Gasteiger charge is -2.32. The maximum atomic E-state index is 12.5. The number of benzene rings is 1. The van der Waals surface area contributed by atoms with Crippen LogP contribution < -0.4 is 15.1 Å². The summed E-state index contributed by atoms with van der Waals surface area (Å²) in [5.41, 5.74) is 1.38. The first-order valence-electron chi connectivity index (χ1n) is 11.0. The molecule has 0 atom stereocenters. The summed E-state index contributed by atoms with van der Waals surface area (Å²) in [5, 5.41) is 3.24. The van der Waals surface area contributed by atoms with E-state index in [0.717, 1.165) is 45.6 Å². The Hall–Kier alpha value is -2.64. The predicted molar refractivity (Wildman–Crippen MR) is 112 cm³/mol. The molecule has 2 fully saturated rings. The molecule has 2 aromatic rings. The van der Waals surface area contributed by atoms with Crippen LogP contribution in [0.15, 0.2) is 53.1 Å². The second-order valence-electron chi connectivity index (χ2n) is 8.45. The van der Waals surface area contributed by atoms with Crippen LogP contribution in [-0.2, 0) is 11.3 Å². The van der Waals surface area contributed by atoms with E-state index in [1.165, 1.54) is 16.7 Å². The predicted octanol–water partition coefficient (Wildman–Crippen LogP) is -1.02. The summed E-state index contributed by atoms with van der Waals surface area (Å²) in [5.74, 6) is 0.456. The molecule has 1 aromatic heterocycles. The summed E-state index contributed by atoms with van der Waals surface area (Å²) in [6.07, 6.45) is 3.59. The van der Waals surface area contributed by atoms with E-state index in [4.69, 9.17) is 4.42 Å². The van der Waals surface area contributed by atoms with Crippen LogP contribution in [0.2, 0.25) is 0 Å². The van der Waals surface area contributed by atoms with Gasteiger partial charge in [-0.3, -0.25) is 9.59 Å². The van der Waals surface area contributed by atoms with Gasteiger partial charge in [0.2, 0.25) is 0 Å². The van der Waals surface area contributed by atoms with E-state index in [0.29, 0.717) is 31.4 Å². The molecule has 0 radical (unpaired) electrons. The minimum absolute atomic E-state index is 0.0618. The van der Waals surface area contributed by atoms with Crippen LogP contribution in [0.4, 0.5) is 0 Å². The van der Waals surface area contributed by atoms with E-state index < -0.39 is 0 Å². The van der Waals surface area contributed by atoms with E-state index in [1.54, 1.807) is 17.0 Å². The number of nitrogens with one attached hydrogen (secondary N) is 3. The Morgan fingerprint density at radius 1 is 0.967 bits per heavy atom. The quantitative estimate of drug-likeness (QED) is 0.569. The van der Waals surface area contributed by atoms with Gasteiger partial charge in [-0.1, -0.05) is 30.3 Å². The topological polar surface area (TPSA) is 71.4 Å². The SMILES string of the molecule is O=C(C[NH+]1CCN(C(=O)c2ccco2)CC1)NC1CC[NH+](Cc2ccccc2)CC1. The number of hydrogen-bond acceptors (Lipinski definition) is 3. The van der Waals surface area contributed by atoms with Crippen molar-refractivity contribution in [1.29, 1.82) is 0 Å². The highest BCUT2D eigenvalue weighted by Gasteiger charge is 2.28. The van der Waals surface area contributed by atoms with E-state index in [-0.39, 0.29) is 11.8 Å². The number of rotatable bonds is 6. The summed E-state index contributed by atoms with van der Waals surface area (Å²) < 4.78 is 5.20. The molecule has 2 amide bonds. The monoisotopic (exact) mass is 412 g/mol. The molecule has 2 saturated heterocycles. The summed E-state index contributed by atoms with van der Waals surface area (Å²) in [6.45, 7) is 6.64. The van der Waals surface area contributed by atoms with E-state index >= 15 is 0 Å². The minimum atomic E-state index is -0.0618. The van der Waals surface area contributed by atoms with Crippen LogP contribution in [0.3, 0.4) is 0 Å². The number of piperidine rings is 1. The number of hydrogen-bond donors (Lipinski definition) is 3. The highest BCUT2D eigenvalue weighted by Crippen LogP contribution is 2.06. The second kappa shape index (κ2) is 9.91. The van der Waals surface area contributed by atoms with Gasteiger partial charge in [0.25, 0.3) is 11.8 Å². The van der Waals surface area contributed by atoms with Crippen LogP contribution >= 0.6 is 0 Å². The lowest BCUT2D eigenvalue weighted by Crippen LogP contribution is -3.16. The third-order valence-corrected chi connectivity index (χ3v) is 6.26. The fourth-order valence-electron chi connectivity index (χ4n) is 4.50. The van der Waals surface area contributed by atoms with Crippen molar-refractivity contribution < 1.29 is 23.8 Å². The van der Waals surface area contributed by atoms with Crippen molar-refractivity contribution in [1.82, 2.24) is 10.2 Å². The Bertz CT molecular complexity index is 808. The molecule has 2 aliphatic heterocycles. The number of piperazine rings is 1. The van der Waals surface area contributed by atoms with Crippen LogP contribution in [0.1, 0.15) is 29.0 Å². The molecule has 0 saturated carbocycles. The molecule has 30 heavy (non-hydrogen) atoms. The van der Waals surface area contributed by atoms with Crippen molar-refractivity contribution in [2.45, 2.75) is 25.4 Å². The van der Waals surface area contributed by atoms with Crippen LogP contribution in [0.5, 0.6) is 0 Å². The lowest BCUT2D eigenvalue weighted by atomic mass is 10.0. The van der Waals surface area contributed by atoms with Gasteiger partial charge in [0.05, 0.1) is 45.5 Å². The molecular weight excluding hydrogens is 380 g/mol. The lowest BCUT2D eigenvalue weighted by molar-refractivity contribution is -0.918. The molecule has 3 heterocycles. The third-order valence-electron chi connectivity index (χ3n) is 6.26. The minimum Gasteiger partial charge on any atom is -0.459 e. The fraction of sp³-hybridized carbons (Fsp3) is 0.478. The number of carbonyl (C=O) groups is 2. The molecule has 0 aliphatic carbocycles. The van der Waals surface area contributed by atoms with Crippen LogP contribution in [-0.4, -0.2) is 68.6 Å². The maximum Gasteiger partial charge on any atom is 0.289 e. The van der Waals surface area contributed by atoms with E-state index in [1.807, 2.05) is 4.90 Å². The zero-order chi connectivity index (χ0) is 20.8. The molecular formula is C23H32N4O3+2. The fourth-order valence-corrected chi connectivity index (χ4v) is 4.50. The van der Waals surface area contributed by atoms with Crippen molar-refractivity contribution in [3.63, 3.8) is 0 Å². The summed E-state index contributed by atoms with van der Waals surface area (Å²) in [6, 6.07) is 14.3. The number of furan rings is 1. The first kappa shape index (κ1) is 20.6. The molecule has 3 N–H and O–H groups in total. The normalized spacial score (nSPS) is 22.6. The van der Waals surface area contributed by atoms with E-state index in [9.17, 15) is 9.59 Å². The van der Waals surface area contributed by atoms with Gasteiger partial charge in [0, 0.05) is 24.4 Å². The Morgan fingerprint density at radius 2 is 1.70 bits per heavy atom. The molecule has 2 aliphatic rings. The molecule has 160 valence electrons. The highest BCUT2D eigenvalue weighted by molar-refractivity contribution is 5.91. The number of carbonyl (C=O) groups excluding carboxylic acids is 2. The molecule has 7 nitrogen and oxygen atoms in total. The molecule has 0 spiro atoms. The first-order chi connectivity index (χ1) is 14.7. The Kier molecular flexibility index (Phi) is 6.81. The van der Waals surface area contributed by atoms with Gasteiger partial charge < -0.3 is 24.4 Å². The summed E-state index contributed by atoms with van der Waals surface area (Å²) in [7, 11) is 0. The van der Waals surface area contributed by atoms with Gasteiger partial charge in [0.15, 0.2) is 12.3 Å². The molecule has 1 aromatic carbocycles. The molecule has 0 bridgehead atoms. The van der Waals surface area contributed by atoms with Gasteiger partial charge >= 0.3 is 0 Å². The van der Waals surface area contributed by atoms with Crippen molar-refractivity contribution >= 4 is 11.8 Å². The second-order valence-corrected chi connectivity index (χ2v) is 8.45. The molecule has 4 rings (SSSR count). The van der Waals surface area contributed by atoms with Gasteiger partial charge in [-0.2, -0.15) is 0 Å². The number of nitrogens with zero attached hydrogens (tertiary/aromatic N) is 1. The van der Waals surface area contributed by atoms with Gasteiger partial charge in [-0.25, -0.2) is 0 Å². The summed E-state index contributed by atoms with van der Waals surface area (Å²) >= 11 is 0. The first-order valence-corrected chi connectivity index (χ1v) is 11.0. The zero-order valence-corrected chi connectivity index (χ0v) is 17.4. The number of amides is 2. The average Bonchev–Trinajstić information content (AvgIpc) is 3.31. The van der Waals surface area contributed by atoms with Crippen molar-refractivity contribution in [2.24, 2.45) is 0 Å². The maximum absolute atomic E-state index is 12.5. The average molecular weight is 413 g/mol. The van der Waals surface area contributed by atoms with Crippen molar-refractivity contribution in [2.75, 3.05) is 45.8 Å². The largest absolute Gasteiger partial charge is 0.459 e. The van der Waals surface area contributed by atoms with Crippen LogP contribution in [0.25, 0.3) is 0 Å². The van der Waals surface area contributed by atoms with Crippen LogP contribution in [0, 0.1) is 0 Å². The van der Waals surface area contributed by atoms with Crippen molar-refractivity contribution in [3.8, 4) is 0 Å². The van der Waals surface area contributed by atoms with E-state index in [2.05, 4.69) is 35.6 Å². The van der Waals surface area contributed by atoms with Gasteiger partial charge in [-0.15, -0.1) is 0 Å². The third kappa shape index (κ3) is 5.49.